The molecular formula is C16H21N3O5. The molecule has 0 amide bonds. The first kappa shape index (κ1) is 19.3. The number of ether oxygens (including phenoxy) is 1. The summed E-state index contributed by atoms with van der Waals surface area (Å²) >= 11 is 0. The Labute approximate surface area is 139 Å². The fourth-order valence-corrected chi connectivity index (χ4v) is 2.21. The lowest BCUT2D eigenvalue weighted by Gasteiger charge is -2.23. The number of carbonyl (C=O) groups excluding carboxylic acids is 2. The quantitative estimate of drug-likeness (QED) is 0.192. The Kier molecular flexibility index (Phi) is 8.17. The molecule has 0 radical (unpaired) electrons. The topological polar surface area (TPSA) is 115 Å². The van der Waals surface area contributed by atoms with Gasteiger partial charge in [-0.1, -0.05) is 12.1 Å². The lowest BCUT2D eigenvalue weighted by atomic mass is 10.1. The van der Waals surface area contributed by atoms with E-state index < -0.39 is 5.63 Å². The third-order valence-corrected chi connectivity index (χ3v) is 3.25. The van der Waals surface area contributed by atoms with Gasteiger partial charge in [-0.15, -0.1) is 0 Å². The van der Waals surface area contributed by atoms with E-state index in [1.165, 1.54) is 0 Å². The zero-order chi connectivity index (χ0) is 17.9. The maximum absolute atomic E-state index is 11.8. The van der Waals surface area contributed by atoms with Gasteiger partial charge < -0.3 is 14.1 Å². The lowest BCUT2D eigenvalue weighted by molar-refractivity contribution is -0.129. The number of nitrogens with one attached hydrogen (secondary N) is 1. The van der Waals surface area contributed by atoms with Gasteiger partial charge in [0.15, 0.2) is 13.0 Å². The molecule has 0 aliphatic rings. The summed E-state index contributed by atoms with van der Waals surface area (Å²) in [5, 5.41) is 0.794. The zero-order valence-corrected chi connectivity index (χ0v) is 13.7. The van der Waals surface area contributed by atoms with Crippen LogP contribution in [0.4, 0.5) is 5.69 Å². The molecule has 0 fully saturated rings. The van der Waals surface area contributed by atoms with Crippen LogP contribution in [0.25, 0.3) is 11.0 Å². The number of hydrazine groups is 1. The standard InChI is InChI=1S/C14H15NO3.C2H6N2O2/c1-3-15(4-2)13-10-7-5-6-8-12(10)18-14(17)11(13)9-16;3-4-1-6-2-5/h5-9H,3-4H2,1-2H3;2,4H,1,3H2. The smallest absolute Gasteiger partial charge is 0.349 e. The first-order chi connectivity index (χ1) is 11.6. The molecular weight excluding hydrogens is 314 g/mol. The van der Waals surface area contributed by atoms with Gasteiger partial charge in [0.1, 0.15) is 11.1 Å². The summed E-state index contributed by atoms with van der Waals surface area (Å²) in [4.78, 5) is 34.2. The van der Waals surface area contributed by atoms with Crippen LogP contribution in [0.15, 0.2) is 33.5 Å². The molecule has 1 heterocycles. The molecule has 0 atom stereocenters. The van der Waals surface area contributed by atoms with Crippen LogP contribution in [-0.2, 0) is 9.53 Å². The largest absolute Gasteiger partial charge is 0.451 e. The highest BCUT2D eigenvalue weighted by molar-refractivity contribution is 5.99. The Morgan fingerprint density at radius 3 is 2.42 bits per heavy atom. The number of hydrogen-bond donors (Lipinski definition) is 2. The van der Waals surface area contributed by atoms with E-state index in [2.05, 4.69) is 16.0 Å². The van der Waals surface area contributed by atoms with Crippen molar-refractivity contribution in [3.05, 3.63) is 40.2 Å². The van der Waals surface area contributed by atoms with Gasteiger partial charge in [-0.25, -0.2) is 10.2 Å². The summed E-state index contributed by atoms with van der Waals surface area (Å²) in [6.07, 6.45) is 0.575. The first-order valence-electron chi connectivity index (χ1n) is 7.39. The monoisotopic (exact) mass is 335 g/mol. The van der Waals surface area contributed by atoms with E-state index in [1.807, 2.05) is 30.9 Å². The second-order valence-corrected chi connectivity index (χ2v) is 4.55. The average Bonchev–Trinajstić information content (AvgIpc) is 2.61. The second-order valence-electron chi connectivity index (χ2n) is 4.55. The van der Waals surface area contributed by atoms with Crippen molar-refractivity contribution in [3.8, 4) is 0 Å². The summed E-state index contributed by atoms with van der Waals surface area (Å²) in [6.45, 7) is 5.82. The number of nitrogens with two attached hydrogens (primary N) is 1. The van der Waals surface area contributed by atoms with E-state index in [0.29, 0.717) is 24.0 Å². The Balaban J connectivity index is 0.000000413. The molecule has 1 aromatic carbocycles. The van der Waals surface area contributed by atoms with Crippen LogP contribution in [0, 0.1) is 0 Å². The first-order valence-corrected chi connectivity index (χ1v) is 7.39. The van der Waals surface area contributed by atoms with Crippen molar-refractivity contribution in [1.29, 1.82) is 0 Å². The van der Waals surface area contributed by atoms with Crippen molar-refractivity contribution in [1.82, 2.24) is 5.43 Å². The number of benzene rings is 1. The van der Waals surface area contributed by atoms with Crippen molar-refractivity contribution in [2.45, 2.75) is 13.8 Å². The summed E-state index contributed by atoms with van der Waals surface area (Å²) < 4.78 is 9.22. The van der Waals surface area contributed by atoms with Gasteiger partial charge in [0.05, 0.1) is 5.69 Å². The number of fused-ring (bicyclic) bond motifs is 1. The van der Waals surface area contributed by atoms with Crippen LogP contribution < -0.4 is 21.8 Å². The van der Waals surface area contributed by atoms with Crippen LogP contribution >= 0.6 is 0 Å². The molecule has 24 heavy (non-hydrogen) atoms. The third kappa shape index (κ3) is 4.64. The van der Waals surface area contributed by atoms with Crippen LogP contribution in [0.2, 0.25) is 0 Å². The van der Waals surface area contributed by atoms with Crippen molar-refractivity contribution in [2.24, 2.45) is 5.84 Å². The van der Waals surface area contributed by atoms with Crippen LogP contribution in [0.1, 0.15) is 24.2 Å². The molecule has 0 bridgehead atoms. The van der Waals surface area contributed by atoms with Crippen molar-refractivity contribution < 1.29 is 18.7 Å². The number of anilines is 1. The summed E-state index contributed by atoms with van der Waals surface area (Å²) in [6, 6.07) is 7.26. The van der Waals surface area contributed by atoms with E-state index in [4.69, 9.17) is 4.42 Å². The molecule has 0 spiro atoms. The Hall–Kier alpha value is -2.71. The number of rotatable bonds is 7. The maximum Gasteiger partial charge on any atom is 0.349 e. The molecule has 0 aliphatic heterocycles. The highest BCUT2D eigenvalue weighted by atomic mass is 16.5. The van der Waals surface area contributed by atoms with E-state index in [9.17, 15) is 14.4 Å². The minimum Gasteiger partial charge on any atom is -0.451 e. The van der Waals surface area contributed by atoms with Gasteiger partial charge in [-0.3, -0.25) is 15.4 Å². The molecule has 0 saturated heterocycles. The Morgan fingerprint density at radius 1 is 1.25 bits per heavy atom. The molecule has 0 unspecified atom stereocenters. The van der Waals surface area contributed by atoms with Crippen LogP contribution in [0.3, 0.4) is 0 Å². The molecule has 3 N–H and O–H groups in total. The molecule has 130 valence electrons. The highest BCUT2D eigenvalue weighted by Crippen LogP contribution is 2.27. The predicted octanol–water partition coefficient (Wildman–Crippen LogP) is 1.03. The highest BCUT2D eigenvalue weighted by Gasteiger charge is 2.17. The Bertz CT molecular complexity index is 725. The van der Waals surface area contributed by atoms with Crippen molar-refractivity contribution in [3.63, 3.8) is 0 Å². The zero-order valence-electron chi connectivity index (χ0n) is 13.7. The fourth-order valence-electron chi connectivity index (χ4n) is 2.21. The Morgan fingerprint density at radius 2 is 1.92 bits per heavy atom. The van der Waals surface area contributed by atoms with Crippen molar-refractivity contribution in [2.75, 3.05) is 24.7 Å². The van der Waals surface area contributed by atoms with Gasteiger partial charge in [-0.2, -0.15) is 0 Å². The molecule has 0 aliphatic carbocycles. The molecule has 2 aromatic rings. The number of carbonyl (C=O) groups is 2. The van der Waals surface area contributed by atoms with Gasteiger partial charge >= 0.3 is 5.63 Å². The predicted molar refractivity (Wildman–Crippen MR) is 90.8 cm³/mol. The summed E-state index contributed by atoms with van der Waals surface area (Å²) in [7, 11) is 0. The number of aldehydes is 1. The van der Waals surface area contributed by atoms with E-state index in [1.54, 1.807) is 12.1 Å². The average molecular weight is 335 g/mol. The van der Waals surface area contributed by atoms with Gasteiger partial charge in [-0.05, 0) is 26.0 Å². The van der Waals surface area contributed by atoms with E-state index in [-0.39, 0.29) is 12.3 Å². The minimum absolute atomic E-state index is 0.0729. The minimum atomic E-state index is -0.578. The second kappa shape index (κ2) is 10.1. The van der Waals surface area contributed by atoms with Gasteiger partial charge in [0.2, 0.25) is 0 Å². The SMILES string of the molecule is CCN(CC)c1c(C=O)c(=O)oc2ccccc12.NNCOC=O. The van der Waals surface area contributed by atoms with Crippen molar-refractivity contribution >= 4 is 29.4 Å². The maximum atomic E-state index is 11.8. The lowest BCUT2D eigenvalue weighted by Crippen LogP contribution is -2.26. The summed E-state index contributed by atoms with van der Waals surface area (Å²) in [5.74, 6) is 4.68. The van der Waals surface area contributed by atoms with Gasteiger partial charge in [0, 0.05) is 18.5 Å². The number of para-hydroxylation sites is 1. The molecule has 2 rings (SSSR count). The third-order valence-electron chi connectivity index (χ3n) is 3.25. The van der Waals surface area contributed by atoms with Gasteiger partial charge in [0.25, 0.3) is 6.47 Å². The van der Waals surface area contributed by atoms with E-state index >= 15 is 0 Å². The molecule has 1 aromatic heterocycles. The number of nitrogens with zero attached hydrogens (tertiary/aromatic N) is 1. The number of hydrogen-bond acceptors (Lipinski definition) is 8. The summed E-state index contributed by atoms with van der Waals surface area (Å²) in [5.41, 5.74) is 2.81. The molecule has 0 saturated carbocycles. The molecule has 8 heteroatoms. The van der Waals surface area contributed by atoms with E-state index in [0.717, 1.165) is 18.5 Å². The van der Waals surface area contributed by atoms with Crippen LogP contribution in [0.5, 0.6) is 0 Å². The fraction of sp³-hybridized carbons (Fsp3) is 0.312. The molecule has 8 nitrogen and oxygen atoms in total. The normalized spacial score (nSPS) is 9.79. The van der Waals surface area contributed by atoms with Crippen LogP contribution in [-0.4, -0.2) is 32.6 Å².